The van der Waals surface area contributed by atoms with Gasteiger partial charge in [-0.1, -0.05) is 24.8 Å². The van der Waals surface area contributed by atoms with E-state index in [1.807, 2.05) is 12.1 Å². The first-order valence-electron chi connectivity index (χ1n) is 10.4. The highest BCUT2D eigenvalue weighted by Crippen LogP contribution is 2.26. The van der Waals surface area contributed by atoms with Crippen molar-refractivity contribution in [3.05, 3.63) is 64.1 Å². The lowest BCUT2D eigenvalue weighted by atomic mass is 10.3. The molecule has 10 nitrogen and oxygen atoms in total. The van der Waals surface area contributed by atoms with Crippen LogP contribution in [0.4, 0.5) is 0 Å². The molecule has 0 spiro atoms. The molecule has 0 saturated heterocycles. The highest BCUT2D eigenvalue weighted by atomic mass is 16.5. The van der Waals surface area contributed by atoms with Crippen molar-refractivity contribution in [1.82, 2.24) is 24.0 Å². The molecule has 2 aromatic heterocycles. The molecule has 0 aliphatic heterocycles. The molecule has 10 heteroatoms. The minimum Gasteiger partial charge on any atom is -0.487 e. The van der Waals surface area contributed by atoms with Gasteiger partial charge < -0.3 is 24.5 Å². The third kappa shape index (κ3) is 5.27. The molecule has 2 N–H and O–H groups in total. The SMILES string of the molecule is C=CCOc1ccccc1OCC(O)CNCCCn1cnc2c1c(=O)n(C)c(=O)n2C. The van der Waals surface area contributed by atoms with Crippen molar-refractivity contribution in [1.29, 1.82) is 0 Å². The summed E-state index contributed by atoms with van der Waals surface area (Å²) in [5, 5.41) is 13.4. The van der Waals surface area contributed by atoms with Gasteiger partial charge in [-0.05, 0) is 25.1 Å². The van der Waals surface area contributed by atoms with Crippen LogP contribution in [0, 0.1) is 0 Å². The molecule has 1 aromatic carbocycles. The number of fused-ring (bicyclic) bond motifs is 1. The number of imidazole rings is 1. The second kappa shape index (κ2) is 10.8. The highest BCUT2D eigenvalue weighted by Gasteiger charge is 2.14. The Morgan fingerprint density at radius 3 is 2.62 bits per heavy atom. The first-order chi connectivity index (χ1) is 15.4. The zero-order valence-electron chi connectivity index (χ0n) is 18.4. The van der Waals surface area contributed by atoms with Gasteiger partial charge in [0.1, 0.15) is 19.3 Å². The number of ether oxygens (including phenoxy) is 2. The number of hydrogen-bond acceptors (Lipinski definition) is 7. The zero-order valence-corrected chi connectivity index (χ0v) is 18.4. The van der Waals surface area contributed by atoms with Crippen molar-refractivity contribution in [2.45, 2.75) is 19.1 Å². The lowest BCUT2D eigenvalue weighted by molar-refractivity contribution is 0.104. The predicted molar refractivity (Wildman–Crippen MR) is 121 cm³/mol. The monoisotopic (exact) mass is 443 g/mol. The largest absolute Gasteiger partial charge is 0.487 e. The van der Waals surface area contributed by atoms with Crippen LogP contribution in [-0.2, 0) is 20.6 Å². The molecule has 172 valence electrons. The number of rotatable bonds is 12. The minimum absolute atomic E-state index is 0.123. The Hall–Kier alpha value is -3.37. The van der Waals surface area contributed by atoms with E-state index >= 15 is 0 Å². The van der Waals surface area contributed by atoms with E-state index in [1.165, 1.54) is 11.6 Å². The molecule has 0 fully saturated rings. The molecule has 0 aliphatic carbocycles. The second-order valence-electron chi connectivity index (χ2n) is 7.38. The summed E-state index contributed by atoms with van der Waals surface area (Å²) in [6, 6.07) is 7.27. The molecular formula is C22H29N5O5. The first-order valence-corrected chi connectivity index (χ1v) is 10.4. The number of aliphatic hydroxyl groups is 1. The van der Waals surface area contributed by atoms with E-state index in [2.05, 4.69) is 16.9 Å². The maximum atomic E-state index is 12.4. The van der Waals surface area contributed by atoms with Crippen LogP contribution in [0.25, 0.3) is 11.2 Å². The van der Waals surface area contributed by atoms with E-state index in [9.17, 15) is 14.7 Å². The van der Waals surface area contributed by atoms with Crippen LogP contribution in [0.5, 0.6) is 11.5 Å². The molecule has 3 aromatic rings. The number of aromatic nitrogens is 4. The first kappa shape index (κ1) is 23.3. The molecule has 32 heavy (non-hydrogen) atoms. The second-order valence-corrected chi connectivity index (χ2v) is 7.38. The van der Waals surface area contributed by atoms with Crippen molar-refractivity contribution in [2.75, 3.05) is 26.3 Å². The van der Waals surface area contributed by atoms with Crippen LogP contribution in [0.15, 0.2) is 52.8 Å². The number of benzene rings is 1. The summed E-state index contributed by atoms with van der Waals surface area (Å²) in [5.41, 5.74) is 0.00958. The van der Waals surface area contributed by atoms with Crippen molar-refractivity contribution in [3.63, 3.8) is 0 Å². The van der Waals surface area contributed by atoms with Gasteiger partial charge in [0.05, 0.1) is 6.33 Å². The van der Waals surface area contributed by atoms with Crippen LogP contribution >= 0.6 is 0 Å². The number of aryl methyl sites for hydroxylation is 2. The molecule has 0 amide bonds. The molecule has 3 rings (SSSR count). The molecular weight excluding hydrogens is 414 g/mol. The summed E-state index contributed by atoms with van der Waals surface area (Å²) in [5.74, 6) is 1.17. The van der Waals surface area contributed by atoms with Crippen LogP contribution in [-0.4, -0.2) is 56.2 Å². The standard InChI is InChI=1S/C22H29N5O5/c1-4-12-31-17-8-5-6-9-18(17)32-14-16(28)13-23-10-7-11-27-15-24-20-19(27)21(29)26(3)22(30)25(20)2/h4-6,8-9,15-16,23,28H,1,7,10-14H2,2-3H3. The number of aliphatic hydroxyl groups excluding tert-OH is 1. The van der Waals surface area contributed by atoms with Crippen molar-refractivity contribution < 1.29 is 14.6 Å². The van der Waals surface area contributed by atoms with Crippen LogP contribution in [0.2, 0.25) is 0 Å². The summed E-state index contributed by atoms with van der Waals surface area (Å²) in [6.45, 7) is 5.66. The van der Waals surface area contributed by atoms with Gasteiger partial charge in [-0.2, -0.15) is 0 Å². The topological polar surface area (TPSA) is 113 Å². The van der Waals surface area contributed by atoms with E-state index in [4.69, 9.17) is 9.47 Å². The molecule has 0 bridgehead atoms. The molecule has 1 atom stereocenters. The molecule has 0 aliphatic rings. The number of nitrogens with one attached hydrogen (secondary N) is 1. The van der Waals surface area contributed by atoms with E-state index < -0.39 is 11.8 Å². The molecule has 2 heterocycles. The lowest BCUT2D eigenvalue weighted by Gasteiger charge is -2.15. The Labute approximate surface area is 185 Å². The Kier molecular flexibility index (Phi) is 7.85. The number of nitrogens with zero attached hydrogens (tertiary/aromatic N) is 4. The van der Waals surface area contributed by atoms with Gasteiger partial charge in [-0.3, -0.25) is 13.9 Å². The maximum absolute atomic E-state index is 12.4. The molecule has 1 unspecified atom stereocenters. The van der Waals surface area contributed by atoms with Crippen LogP contribution in [0.1, 0.15) is 6.42 Å². The normalized spacial score (nSPS) is 12.1. The fourth-order valence-corrected chi connectivity index (χ4v) is 3.29. The van der Waals surface area contributed by atoms with Crippen molar-refractivity contribution >= 4 is 11.2 Å². The fourth-order valence-electron chi connectivity index (χ4n) is 3.29. The van der Waals surface area contributed by atoms with Crippen molar-refractivity contribution in [2.24, 2.45) is 14.1 Å². The summed E-state index contributed by atoms with van der Waals surface area (Å²) in [4.78, 5) is 28.7. The molecule has 0 radical (unpaired) electrons. The smallest absolute Gasteiger partial charge is 0.332 e. The highest BCUT2D eigenvalue weighted by molar-refractivity contribution is 5.69. The summed E-state index contributed by atoms with van der Waals surface area (Å²) in [6.07, 6.45) is 3.24. The predicted octanol–water partition coefficient (Wildman–Crippen LogP) is 0.418. The minimum atomic E-state index is -0.696. The Morgan fingerprint density at radius 2 is 1.91 bits per heavy atom. The van der Waals surface area contributed by atoms with Gasteiger partial charge in [-0.15, -0.1) is 0 Å². The average molecular weight is 444 g/mol. The van der Waals surface area contributed by atoms with Gasteiger partial charge in [0, 0.05) is 27.2 Å². The summed E-state index contributed by atoms with van der Waals surface area (Å²) < 4.78 is 15.4. The maximum Gasteiger partial charge on any atom is 0.332 e. The van der Waals surface area contributed by atoms with Crippen LogP contribution < -0.4 is 26.0 Å². The van der Waals surface area contributed by atoms with Gasteiger partial charge >= 0.3 is 5.69 Å². The Bertz CT molecular complexity index is 1180. The average Bonchev–Trinajstić information content (AvgIpc) is 3.23. The van der Waals surface area contributed by atoms with Gasteiger partial charge in [-0.25, -0.2) is 9.78 Å². The van der Waals surface area contributed by atoms with Crippen LogP contribution in [0.3, 0.4) is 0 Å². The van der Waals surface area contributed by atoms with Gasteiger partial charge in [0.2, 0.25) is 0 Å². The Morgan fingerprint density at radius 1 is 1.19 bits per heavy atom. The van der Waals surface area contributed by atoms with E-state index in [1.54, 1.807) is 36.2 Å². The fraction of sp³-hybridized carbons (Fsp3) is 0.409. The summed E-state index contributed by atoms with van der Waals surface area (Å²) >= 11 is 0. The van der Waals surface area contributed by atoms with E-state index in [0.717, 1.165) is 4.57 Å². The Balaban J connectivity index is 1.45. The molecule has 0 saturated carbocycles. The van der Waals surface area contributed by atoms with E-state index in [-0.39, 0.29) is 12.2 Å². The van der Waals surface area contributed by atoms with Gasteiger partial charge in [0.15, 0.2) is 22.7 Å². The number of hydrogen-bond donors (Lipinski definition) is 2. The van der Waals surface area contributed by atoms with Crippen molar-refractivity contribution in [3.8, 4) is 11.5 Å². The third-order valence-electron chi connectivity index (χ3n) is 4.99. The third-order valence-corrected chi connectivity index (χ3v) is 4.99. The zero-order chi connectivity index (χ0) is 23.1. The summed E-state index contributed by atoms with van der Waals surface area (Å²) in [7, 11) is 3.05. The van der Waals surface area contributed by atoms with Gasteiger partial charge in [0.25, 0.3) is 5.56 Å². The number of para-hydroxylation sites is 2. The van der Waals surface area contributed by atoms with E-state index in [0.29, 0.717) is 55.3 Å². The quantitative estimate of drug-likeness (QED) is 0.308. The lowest BCUT2D eigenvalue weighted by Crippen LogP contribution is -2.37.